The van der Waals surface area contributed by atoms with Crippen LogP contribution in [-0.4, -0.2) is 6.61 Å². The first-order valence-electron chi connectivity index (χ1n) is 3.98. The van der Waals surface area contributed by atoms with Crippen molar-refractivity contribution in [2.75, 3.05) is 6.61 Å². The molecule has 0 atom stereocenters. The Morgan fingerprint density at radius 1 is 1.50 bits per heavy atom. The van der Waals surface area contributed by atoms with E-state index < -0.39 is 0 Å². The Hall–Kier alpha value is -0.690. The molecule has 0 saturated heterocycles. The first-order chi connectivity index (χ1) is 5.77. The summed E-state index contributed by atoms with van der Waals surface area (Å²) in [6.07, 6.45) is 0.756. The van der Waals surface area contributed by atoms with Crippen molar-refractivity contribution in [3.05, 3.63) is 35.7 Å². The van der Waals surface area contributed by atoms with Gasteiger partial charge in [-0.25, -0.2) is 0 Å². The van der Waals surface area contributed by atoms with E-state index in [1.54, 1.807) is 0 Å². The second-order valence-electron chi connectivity index (χ2n) is 2.45. The van der Waals surface area contributed by atoms with Crippen LogP contribution in [0.15, 0.2) is 18.2 Å². The molecule has 0 heterocycles. The highest BCUT2D eigenvalue weighted by atomic mass is 35.5. The van der Waals surface area contributed by atoms with Crippen LogP contribution in [0.2, 0.25) is 5.02 Å². The van der Waals surface area contributed by atoms with Crippen LogP contribution in [0.3, 0.4) is 0 Å². The molecule has 0 spiro atoms. The Bertz CT molecular complexity index is 258. The summed E-state index contributed by atoms with van der Waals surface area (Å²) < 4.78 is 5.28. The van der Waals surface area contributed by atoms with Crippen molar-refractivity contribution < 1.29 is 4.74 Å². The second kappa shape index (κ2) is 4.36. The lowest BCUT2D eigenvalue weighted by Gasteiger charge is -2.06. The third kappa shape index (κ3) is 2.15. The zero-order valence-electron chi connectivity index (χ0n) is 7.14. The summed E-state index contributed by atoms with van der Waals surface area (Å²) in [5.41, 5.74) is 1.13. The van der Waals surface area contributed by atoms with E-state index in [1.165, 1.54) is 0 Å². The van der Waals surface area contributed by atoms with Crippen molar-refractivity contribution in [2.24, 2.45) is 0 Å². The standard InChI is InChI=1S/C10H12ClO/c1-3-8-5-6-10(12-4-2)9(11)7-8/h5-7H,1,3-4H2,2H3. The van der Waals surface area contributed by atoms with Gasteiger partial charge in [0.1, 0.15) is 5.75 Å². The van der Waals surface area contributed by atoms with Gasteiger partial charge >= 0.3 is 0 Å². The van der Waals surface area contributed by atoms with Crippen molar-refractivity contribution in [3.8, 4) is 5.75 Å². The maximum Gasteiger partial charge on any atom is 0.137 e. The molecule has 1 nitrogen and oxygen atoms in total. The molecular formula is C10H12ClO. The molecule has 0 saturated carbocycles. The van der Waals surface area contributed by atoms with Gasteiger partial charge in [0.05, 0.1) is 11.6 Å². The van der Waals surface area contributed by atoms with Gasteiger partial charge in [0, 0.05) is 0 Å². The van der Waals surface area contributed by atoms with Gasteiger partial charge in [-0.15, -0.1) is 0 Å². The lowest BCUT2D eigenvalue weighted by molar-refractivity contribution is 0.340. The molecule has 0 unspecified atom stereocenters. The van der Waals surface area contributed by atoms with Gasteiger partial charge in [-0.2, -0.15) is 0 Å². The Balaban J connectivity index is 2.87. The summed E-state index contributed by atoms with van der Waals surface area (Å²) in [6.45, 7) is 6.35. The SMILES string of the molecule is [CH2]Cc1ccc(OCC)c(Cl)c1. The molecule has 1 aromatic rings. The van der Waals surface area contributed by atoms with Crippen molar-refractivity contribution >= 4 is 11.6 Å². The predicted octanol–water partition coefficient (Wildman–Crippen LogP) is 3.12. The second-order valence-corrected chi connectivity index (χ2v) is 2.85. The van der Waals surface area contributed by atoms with E-state index in [4.69, 9.17) is 16.3 Å². The molecule has 12 heavy (non-hydrogen) atoms. The average Bonchev–Trinajstić information content (AvgIpc) is 2.09. The molecule has 0 aliphatic rings. The van der Waals surface area contributed by atoms with E-state index in [0.29, 0.717) is 11.6 Å². The molecule has 1 rings (SSSR count). The van der Waals surface area contributed by atoms with Crippen LogP contribution in [-0.2, 0) is 6.42 Å². The highest BCUT2D eigenvalue weighted by Crippen LogP contribution is 2.25. The summed E-state index contributed by atoms with van der Waals surface area (Å²) in [5, 5.41) is 0.665. The highest BCUT2D eigenvalue weighted by molar-refractivity contribution is 6.32. The molecule has 0 amide bonds. The number of rotatable bonds is 3. The Labute approximate surface area is 78.3 Å². The normalized spacial score (nSPS) is 9.92. The predicted molar refractivity (Wildman–Crippen MR) is 51.7 cm³/mol. The summed E-state index contributed by atoms with van der Waals surface area (Å²) in [4.78, 5) is 0. The molecule has 1 aromatic carbocycles. The molecule has 0 aliphatic carbocycles. The van der Waals surface area contributed by atoms with E-state index in [1.807, 2.05) is 25.1 Å². The fourth-order valence-electron chi connectivity index (χ4n) is 0.972. The minimum absolute atomic E-state index is 0.642. The lowest BCUT2D eigenvalue weighted by Crippen LogP contribution is -1.92. The molecule has 2 heteroatoms. The Morgan fingerprint density at radius 3 is 2.75 bits per heavy atom. The van der Waals surface area contributed by atoms with Gasteiger partial charge in [0.25, 0.3) is 0 Å². The molecule has 0 aromatic heterocycles. The molecule has 0 fully saturated rings. The van der Waals surface area contributed by atoms with E-state index in [9.17, 15) is 0 Å². The van der Waals surface area contributed by atoms with Crippen LogP contribution in [0.25, 0.3) is 0 Å². The number of hydrogen-bond donors (Lipinski definition) is 0. The largest absolute Gasteiger partial charge is 0.492 e. The van der Waals surface area contributed by atoms with E-state index in [0.717, 1.165) is 17.7 Å². The molecule has 65 valence electrons. The number of halogens is 1. The lowest BCUT2D eigenvalue weighted by atomic mass is 10.2. The maximum absolute atomic E-state index is 5.93. The van der Waals surface area contributed by atoms with Crippen molar-refractivity contribution in [1.82, 2.24) is 0 Å². The van der Waals surface area contributed by atoms with E-state index in [-0.39, 0.29) is 0 Å². The third-order valence-corrected chi connectivity index (χ3v) is 1.88. The summed E-state index contributed by atoms with van der Waals surface area (Å²) in [6, 6.07) is 5.75. The van der Waals surface area contributed by atoms with Crippen LogP contribution in [0.4, 0.5) is 0 Å². The first-order valence-corrected chi connectivity index (χ1v) is 4.36. The van der Waals surface area contributed by atoms with Gasteiger partial charge in [-0.3, -0.25) is 0 Å². The molecule has 0 aliphatic heterocycles. The average molecular weight is 184 g/mol. The van der Waals surface area contributed by atoms with Gasteiger partial charge < -0.3 is 4.74 Å². The molecule has 0 bridgehead atoms. The quantitative estimate of drug-likeness (QED) is 0.700. The summed E-state index contributed by atoms with van der Waals surface area (Å²) in [7, 11) is 0. The van der Waals surface area contributed by atoms with Crippen LogP contribution in [0.5, 0.6) is 5.75 Å². The van der Waals surface area contributed by atoms with Crippen molar-refractivity contribution in [1.29, 1.82) is 0 Å². The minimum atomic E-state index is 0.642. The van der Waals surface area contributed by atoms with Crippen molar-refractivity contribution in [3.63, 3.8) is 0 Å². The van der Waals surface area contributed by atoms with Gasteiger partial charge in [0.15, 0.2) is 0 Å². The first kappa shape index (κ1) is 9.40. The smallest absolute Gasteiger partial charge is 0.137 e. The Kier molecular flexibility index (Phi) is 3.42. The minimum Gasteiger partial charge on any atom is -0.492 e. The van der Waals surface area contributed by atoms with Crippen LogP contribution < -0.4 is 4.74 Å². The Morgan fingerprint density at radius 2 is 2.25 bits per heavy atom. The number of ether oxygens (including phenoxy) is 1. The van der Waals surface area contributed by atoms with Crippen LogP contribution >= 0.6 is 11.6 Å². The van der Waals surface area contributed by atoms with Crippen LogP contribution in [0, 0.1) is 6.92 Å². The number of hydrogen-bond acceptors (Lipinski definition) is 1. The molecule has 0 N–H and O–H groups in total. The topological polar surface area (TPSA) is 9.23 Å². The summed E-state index contributed by atoms with van der Waals surface area (Å²) >= 11 is 5.93. The fraction of sp³-hybridized carbons (Fsp3) is 0.300. The highest BCUT2D eigenvalue weighted by Gasteiger charge is 2.00. The van der Waals surface area contributed by atoms with E-state index in [2.05, 4.69) is 6.92 Å². The fourth-order valence-corrected chi connectivity index (χ4v) is 1.23. The zero-order chi connectivity index (χ0) is 8.97. The van der Waals surface area contributed by atoms with Crippen molar-refractivity contribution in [2.45, 2.75) is 13.3 Å². The van der Waals surface area contributed by atoms with E-state index >= 15 is 0 Å². The maximum atomic E-state index is 5.93. The zero-order valence-corrected chi connectivity index (χ0v) is 7.90. The van der Waals surface area contributed by atoms with Gasteiger partial charge in [-0.1, -0.05) is 17.7 Å². The van der Waals surface area contributed by atoms with Gasteiger partial charge in [-0.05, 0) is 38.0 Å². The van der Waals surface area contributed by atoms with Crippen LogP contribution in [0.1, 0.15) is 12.5 Å². The monoisotopic (exact) mass is 183 g/mol. The number of benzene rings is 1. The summed E-state index contributed by atoms with van der Waals surface area (Å²) in [5.74, 6) is 0.747. The molecular weight excluding hydrogens is 172 g/mol. The van der Waals surface area contributed by atoms with Gasteiger partial charge in [0.2, 0.25) is 0 Å². The third-order valence-electron chi connectivity index (χ3n) is 1.58. The molecule has 1 radical (unpaired) electrons.